The first kappa shape index (κ1) is 15.1. The number of benzene rings is 1. The van der Waals surface area contributed by atoms with Gasteiger partial charge in [0.2, 0.25) is 11.5 Å². The minimum atomic E-state index is -4.73. The molecule has 9 heteroatoms. The van der Waals surface area contributed by atoms with E-state index in [2.05, 4.69) is 15.2 Å². The summed E-state index contributed by atoms with van der Waals surface area (Å²) in [6.07, 6.45) is -1.56. The lowest BCUT2D eigenvalue weighted by molar-refractivity contribution is -0.145. The Morgan fingerprint density at radius 1 is 1.21 bits per heavy atom. The van der Waals surface area contributed by atoms with Crippen LogP contribution in [0.15, 0.2) is 18.2 Å². The highest BCUT2D eigenvalue weighted by molar-refractivity contribution is 5.80. The van der Waals surface area contributed by atoms with Crippen molar-refractivity contribution in [2.45, 2.75) is 25.4 Å². The number of alkyl halides is 3. The van der Waals surface area contributed by atoms with Crippen molar-refractivity contribution in [2.75, 3.05) is 6.61 Å². The summed E-state index contributed by atoms with van der Waals surface area (Å²) in [6.45, 7) is 0.365. The van der Waals surface area contributed by atoms with Crippen LogP contribution in [0, 0.1) is 11.7 Å². The summed E-state index contributed by atoms with van der Waals surface area (Å²) >= 11 is 0. The Labute approximate surface area is 133 Å². The molecule has 3 aromatic rings. The summed E-state index contributed by atoms with van der Waals surface area (Å²) in [5, 5.41) is 6.78. The molecule has 1 aliphatic rings. The molecule has 0 spiro atoms. The van der Waals surface area contributed by atoms with E-state index in [1.165, 1.54) is 6.07 Å². The van der Waals surface area contributed by atoms with Crippen molar-refractivity contribution in [3.8, 4) is 5.88 Å². The molecule has 4 rings (SSSR count). The summed E-state index contributed by atoms with van der Waals surface area (Å²) < 4.78 is 59.5. The normalized spacial score (nSPS) is 15.8. The minimum absolute atomic E-state index is 0.0241. The molecule has 0 atom stereocenters. The third-order valence-electron chi connectivity index (χ3n) is 4.19. The van der Waals surface area contributed by atoms with Crippen molar-refractivity contribution < 1.29 is 22.3 Å². The van der Waals surface area contributed by atoms with Crippen molar-refractivity contribution in [1.29, 1.82) is 0 Å². The van der Waals surface area contributed by atoms with Gasteiger partial charge in [-0.1, -0.05) is 6.42 Å². The predicted molar refractivity (Wildman–Crippen MR) is 76.1 cm³/mol. The van der Waals surface area contributed by atoms with Crippen LogP contribution in [0.5, 0.6) is 5.88 Å². The molecule has 2 aromatic heterocycles. The van der Waals surface area contributed by atoms with Gasteiger partial charge < -0.3 is 4.74 Å². The highest BCUT2D eigenvalue weighted by atomic mass is 19.4. The molecule has 2 heterocycles. The molecule has 0 bridgehead atoms. The molecule has 1 aromatic carbocycles. The van der Waals surface area contributed by atoms with Crippen LogP contribution in [0.25, 0.3) is 16.7 Å². The van der Waals surface area contributed by atoms with Crippen molar-refractivity contribution in [1.82, 2.24) is 19.6 Å². The Hall–Kier alpha value is -2.45. The van der Waals surface area contributed by atoms with Crippen LogP contribution in [0.3, 0.4) is 0 Å². The zero-order chi connectivity index (χ0) is 16.9. The number of nitrogens with zero attached hydrogens (tertiary/aromatic N) is 4. The molecule has 1 aliphatic carbocycles. The van der Waals surface area contributed by atoms with Gasteiger partial charge >= 0.3 is 6.18 Å². The molecular weight excluding hydrogens is 328 g/mol. The van der Waals surface area contributed by atoms with Crippen molar-refractivity contribution in [3.05, 3.63) is 29.8 Å². The molecular formula is C15H12F4N4O. The maximum atomic E-state index is 13.5. The SMILES string of the molecule is Fc1ccc2nc(OCC3CCC3)c3nnc(C(F)(F)F)n3c2c1. The molecule has 0 aliphatic heterocycles. The molecule has 0 N–H and O–H groups in total. The van der Waals surface area contributed by atoms with E-state index >= 15 is 0 Å². The maximum Gasteiger partial charge on any atom is 0.452 e. The number of fused-ring (bicyclic) bond motifs is 3. The average molecular weight is 340 g/mol. The Morgan fingerprint density at radius 3 is 2.67 bits per heavy atom. The molecule has 0 radical (unpaired) electrons. The quantitative estimate of drug-likeness (QED) is 0.684. The lowest BCUT2D eigenvalue weighted by atomic mass is 9.86. The second-order valence-corrected chi connectivity index (χ2v) is 5.84. The molecule has 1 saturated carbocycles. The average Bonchev–Trinajstić information content (AvgIpc) is 2.91. The number of ether oxygens (including phenoxy) is 1. The van der Waals surface area contributed by atoms with Gasteiger partial charge in [0.25, 0.3) is 5.88 Å². The van der Waals surface area contributed by atoms with Gasteiger partial charge in [0.05, 0.1) is 17.6 Å². The Balaban J connectivity index is 1.92. The number of aromatic nitrogens is 4. The fourth-order valence-electron chi connectivity index (χ4n) is 2.72. The van der Waals surface area contributed by atoms with Crippen molar-refractivity contribution >= 4 is 16.7 Å². The van der Waals surface area contributed by atoms with Gasteiger partial charge in [-0.3, -0.25) is 4.40 Å². The van der Waals surface area contributed by atoms with Gasteiger partial charge in [-0.25, -0.2) is 9.37 Å². The lowest BCUT2D eigenvalue weighted by Crippen LogP contribution is -2.20. The second-order valence-electron chi connectivity index (χ2n) is 5.84. The standard InChI is InChI=1S/C15H12F4N4O/c16-9-4-5-10-11(6-9)23-12(21-22-14(23)15(17,18)19)13(20-10)24-7-8-2-1-3-8/h4-6,8H,1-3,7H2. The van der Waals surface area contributed by atoms with Crippen LogP contribution >= 0.6 is 0 Å². The zero-order valence-electron chi connectivity index (χ0n) is 12.3. The van der Waals surface area contributed by atoms with Gasteiger partial charge in [0, 0.05) is 6.07 Å². The molecule has 0 amide bonds. The van der Waals surface area contributed by atoms with Gasteiger partial charge in [-0.2, -0.15) is 13.2 Å². The number of hydrogen-bond donors (Lipinski definition) is 0. The van der Waals surface area contributed by atoms with Gasteiger partial charge in [-0.05, 0) is 30.9 Å². The van der Waals surface area contributed by atoms with Gasteiger partial charge in [0.1, 0.15) is 5.82 Å². The van der Waals surface area contributed by atoms with Crippen molar-refractivity contribution in [3.63, 3.8) is 0 Å². The van der Waals surface area contributed by atoms with Crippen molar-refractivity contribution in [2.24, 2.45) is 5.92 Å². The first-order valence-corrected chi connectivity index (χ1v) is 7.48. The smallest absolute Gasteiger partial charge is 0.452 e. The summed E-state index contributed by atoms with van der Waals surface area (Å²) in [6, 6.07) is 3.42. The number of rotatable bonds is 3. The van der Waals surface area contributed by atoms with E-state index < -0.39 is 17.8 Å². The first-order chi connectivity index (χ1) is 11.4. The monoisotopic (exact) mass is 340 g/mol. The van der Waals surface area contributed by atoms with E-state index in [1.54, 1.807) is 0 Å². The topological polar surface area (TPSA) is 52.3 Å². The molecule has 5 nitrogen and oxygen atoms in total. The van der Waals surface area contributed by atoms with Crippen LogP contribution in [0.1, 0.15) is 25.1 Å². The fourth-order valence-corrected chi connectivity index (χ4v) is 2.72. The lowest BCUT2D eigenvalue weighted by Gasteiger charge is -2.24. The van der Waals surface area contributed by atoms with Crippen LogP contribution in [-0.4, -0.2) is 26.2 Å². The third kappa shape index (κ3) is 2.44. The Kier molecular flexibility index (Phi) is 3.33. The number of hydrogen-bond acceptors (Lipinski definition) is 4. The Bertz CT molecular complexity index is 917. The molecule has 1 fully saturated rings. The summed E-state index contributed by atoms with van der Waals surface area (Å²) in [7, 11) is 0. The molecule has 0 unspecified atom stereocenters. The summed E-state index contributed by atoms with van der Waals surface area (Å²) in [5.74, 6) is -1.55. The third-order valence-corrected chi connectivity index (χ3v) is 4.19. The molecule has 126 valence electrons. The van der Waals surface area contributed by atoms with E-state index in [0.29, 0.717) is 12.5 Å². The van der Waals surface area contributed by atoms with Crippen LogP contribution in [0.4, 0.5) is 17.6 Å². The highest BCUT2D eigenvalue weighted by Gasteiger charge is 2.38. The van der Waals surface area contributed by atoms with Gasteiger partial charge in [-0.15, -0.1) is 10.2 Å². The van der Waals surface area contributed by atoms with Crippen LogP contribution < -0.4 is 4.74 Å². The minimum Gasteiger partial charge on any atom is -0.475 e. The molecule has 0 saturated heterocycles. The van der Waals surface area contributed by atoms with E-state index in [1.807, 2.05) is 0 Å². The number of halogens is 4. The predicted octanol–water partition coefficient (Wildman–Crippen LogP) is 3.61. The molecule has 24 heavy (non-hydrogen) atoms. The summed E-state index contributed by atoms with van der Waals surface area (Å²) in [4.78, 5) is 4.19. The van der Waals surface area contributed by atoms with E-state index in [4.69, 9.17) is 4.74 Å². The van der Waals surface area contributed by atoms with Crippen LogP contribution in [-0.2, 0) is 6.18 Å². The largest absolute Gasteiger partial charge is 0.475 e. The van der Waals surface area contributed by atoms with Crippen LogP contribution in [0.2, 0.25) is 0 Å². The van der Waals surface area contributed by atoms with Gasteiger partial charge in [0.15, 0.2) is 0 Å². The maximum absolute atomic E-state index is 13.5. The van der Waals surface area contributed by atoms with E-state index in [0.717, 1.165) is 35.8 Å². The second kappa shape index (κ2) is 5.29. The summed E-state index contributed by atoms with van der Waals surface area (Å²) in [5.41, 5.74) is -0.0455. The Morgan fingerprint density at radius 2 is 2.00 bits per heavy atom. The fraction of sp³-hybridized carbons (Fsp3) is 0.400. The zero-order valence-corrected chi connectivity index (χ0v) is 12.3. The first-order valence-electron chi connectivity index (χ1n) is 7.48. The highest BCUT2D eigenvalue weighted by Crippen LogP contribution is 2.33. The van der Waals surface area contributed by atoms with E-state index in [9.17, 15) is 17.6 Å². The van der Waals surface area contributed by atoms with E-state index in [-0.39, 0.29) is 22.6 Å².